The SMILES string of the molecule is CC[C@H]1OC(=O)[C@H](C)[C@@H](O[C@H]2C[C@@](C)(OC)[C@@H](OC(C)=O)[C@H](C)O2)[C@H](C)[C@@H](O[C@@H]2O[C@H](C)C[C@H](N(C)CCCOC(C)=O)[C@H]2OC)[C@@](C)(OC)C[C@@H](C)C(=O)[C@H](C)[C@@H](O)[C@]1(C)O. The lowest BCUT2D eigenvalue weighted by molar-refractivity contribution is -0.322. The molecule has 0 unspecified atom stereocenters. The lowest BCUT2D eigenvalue weighted by Gasteiger charge is -2.50. The van der Waals surface area contributed by atoms with Gasteiger partial charge in [-0.1, -0.05) is 27.7 Å². The van der Waals surface area contributed by atoms with Crippen LogP contribution >= 0.6 is 0 Å². The lowest BCUT2D eigenvalue weighted by atomic mass is 9.74. The number of aliphatic hydroxyl groups is 2. The van der Waals surface area contributed by atoms with Gasteiger partial charge in [-0.05, 0) is 74.3 Å². The Balaban J connectivity index is 2.22. The van der Waals surface area contributed by atoms with Crippen LogP contribution in [0.5, 0.6) is 0 Å². The molecule has 3 heterocycles. The van der Waals surface area contributed by atoms with E-state index in [1.54, 1.807) is 48.7 Å². The molecule has 3 aliphatic heterocycles. The fourth-order valence-corrected chi connectivity index (χ4v) is 9.84. The molecule has 0 aromatic rings. The summed E-state index contributed by atoms with van der Waals surface area (Å²) in [7, 11) is 6.59. The van der Waals surface area contributed by atoms with Crippen molar-refractivity contribution in [1.29, 1.82) is 0 Å². The van der Waals surface area contributed by atoms with Crippen LogP contribution in [-0.2, 0) is 66.5 Å². The number of methoxy groups -OCH3 is 3. The first kappa shape index (κ1) is 54.0. The van der Waals surface area contributed by atoms with Gasteiger partial charge in [0.05, 0.1) is 48.6 Å². The number of cyclic esters (lactones) is 1. The van der Waals surface area contributed by atoms with Crippen molar-refractivity contribution in [3.8, 4) is 0 Å². The Kier molecular flexibility index (Phi) is 19.8. The summed E-state index contributed by atoms with van der Waals surface area (Å²) < 4.78 is 62.4. The molecule has 18 atom stereocenters. The minimum Gasteiger partial charge on any atom is -0.466 e. The second-order valence-electron chi connectivity index (χ2n) is 18.6. The van der Waals surface area contributed by atoms with Crippen molar-refractivity contribution in [2.45, 2.75) is 199 Å². The van der Waals surface area contributed by atoms with Crippen molar-refractivity contribution in [2.75, 3.05) is 41.5 Å². The van der Waals surface area contributed by atoms with Gasteiger partial charge in [0.25, 0.3) is 0 Å². The second kappa shape index (κ2) is 22.7. The predicted molar refractivity (Wildman–Crippen MR) is 226 cm³/mol. The summed E-state index contributed by atoms with van der Waals surface area (Å²) in [6.07, 6.45) is -7.60. The normalized spacial score (nSPS) is 42.8. The Bertz CT molecular complexity index is 1480. The summed E-state index contributed by atoms with van der Waals surface area (Å²) in [5.74, 6) is -5.45. The van der Waals surface area contributed by atoms with Crippen molar-refractivity contribution in [2.24, 2.45) is 23.7 Å². The van der Waals surface area contributed by atoms with Crippen LogP contribution in [0.25, 0.3) is 0 Å². The number of Topliss-reactive ketones (excluding diaryl/α,β-unsaturated/α-hetero) is 1. The van der Waals surface area contributed by atoms with E-state index in [0.717, 1.165) is 0 Å². The zero-order chi connectivity index (χ0) is 47.1. The fraction of sp³-hybridized carbons (Fsp3) is 0.911. The van der Waals surface area contributed by atoms with Gasteiger partial charge in [0, 0.05) is 71.9 Å². The average Bonchev–Trinajstić information content (AvgIpc) is 3.21. The maximum Gasteiger partial charge on any atom is 0.311 e. The molecular formula is C45H79NO16. The maximum atomic E-state index is 14.5. The molecule has 0 aromatic heterocycles. The summed E-state index contributed by atoms with van der Waals surface area (Å²) >= 11 is 0. The third-order valence-corrected chi connectivity index (χ3v) is 13.6. The van der Waals surface area contributed by atoms with Gasteiger partial charge >= 0.3 is 17.9 Å². The number of ether oxygens (including phenoxy) is 10. The highest BCUT2D eigenvalue weighted by Gasteiger charge is 2.55. The molecule has 0 bridgehead atoms. The molecule has 0 aromatic carbocycles. The van der Waals surface area contributed by atoms with Crippen molar-refractivity contribution < 1.29 is 76.8 Å². The van der Waals surface area contributed by atoms with Gasteiger partial charge in [-0.15, -0.1) is 0 Å². The van der Waals surface area contributed by atoms with Crippen LogP contribution < -0.4 is 0 Å². The van der Waals surface area contributed by atoms with Gasteiger partial charge in [0.2, 0.25) is 0 Å². The predicted octanol–water partition coefficient (Wildman–Crippen LogP) is 3.99. The molecule has 62 heavy (non-hydrogen) atoms. The van der Waals surface area contributed by atoms with Crippen LogP contribution in [0.4, 0.5) is 0 Å². The summed E-state index contributed by atoms with van der Waals surface area (Å²) in [6.45, 7) is 20.8. The molecule has 17 heteroatoms. The third-order valence-electron chi connectivity index (χ3n) is 13.6. The number of nitrogens with zero attached hydrogens (tertiary/aromatic N) is 1. The molecular weight excluding hydrogens is 810 g/mol. The number of aliphatic hydroxyl groups excluding tert-OH is 1. The Morgan fingerprint density at radius 1 is 0.855 bits per heavy atom. The molecule has 0 aliphatic carbocycles. The van der Waals surface area contributed by atoms with Gasteiger partial charge in [-0.2, -0.15) is 0 Å². The molecule has 2 N–H and O–H groups in total. The summed E-state index contributed by atoms with van der Waals surface area (Å²) in [5, 5.41) is 23.4. The molecule has 3 saturated heterocycles. The number of likely N-dealkylation sites (N-methyl/N-ethyl adjacent to an activating group) is 1. The number of hydrogen-bond donors (Lipinski definition) is 2. The molecule has 17 nitrogen and oxygen atoms in total. The summed E-state index contributed by atoms with van der Waals surface area (Å²) in [6, 6.07) is -0.190. The minimum atomic E-state index is -2.00. The molecule has 360 valence electrons. The maximum absolute atomic E-state index is 14.5. The van der Waals surface area contributed by atoms with Crippen LogP contribution in [0.2, 0.25) is 0 Å². The lowest BCUT2D eigenvalue weighted by Crippen LogP contribution is -2.62. The monoisotopic (exact) mass is 890 g/mol. The molecule has 3 aliphatic rings. The van der Waals surface area contributed by atoms with Gasteiger partial charge in [-0.25, -0.2) is 0 Å². The molecule has 3 rings (SSSR count). The number of carbonyl (C=O) groups is 4. The van der Waals surface area contributed by atoms with E-state index in [2.05, 4.69) is 4.90 Å². The van der Waals surface area contributed by atoms with E-state index in [1.165, 1.54) is 35.0 Å². The minimum absolute atomic E-state index is 0.0987. The first-order valence-electron chi connectivity index (χ1n) is 22.2. The molecule has 3 fully saturated rings. The van der Waals surface area contributed by atoms with Gasteiger partial charge < -0.3 is 62.5 Å². The van der Waals surface area contributed by atoms with Crippen molar-refractivity contribution in [3.63, 3.8) is 0 Å². The number of rotatable bonds is 14. The first-order chi connectivity index (χ1) is 28.8. The van der Waals surface area contributed by atoms with Gasteiger partial charge in [-0.3, -0.25) is 19.2 Å². The van der Waals surface area contributed by atoms with Crippen LogP contribution in [0, 0.1) is 23.7 Å². The molecule has 0 amide bonds. The number of ketones is 1. The summed E-state index contributed by atoms with van der Waals surface area (Å²) in [4.78, 5) is 54.4. The molecule has 0 spiro atoms. The highest BCUT2D eigenvalue weighted by molar-refractivity contribution is 5.83. The quantitative estimate of drug-likeness (QED) is 0.144. The fourth-order valence-electron chi connectivity index (χ4n) is 9.84. The third kappa shape index (κ3) is 12.7. The van der Waals surface area contributed by atoms with Crippen LogP contribution in [0.3, 0.4) is 0 Å². The molecule has 0 saturated carbocycles. The number of hydrogen-bond acceptors (Lipinski definition) is 17. The van der Waals surface area contributed by atoms with Crippen molar-refractivity contribution in [3.05, 3.63) is 0 Å². The van der Waals surface area contributed by atoms with E-state index >= 15 is 0 Å². The van der Waals surface area contributed by atoms with E-state index < -0.39 is 108 Å². The van der Waals surface area contributed by atoms with E-state index in [1.807, 2.05) is 27.8 Å². The first-order valence-corrected chi connectivity index (χ1v) is 22.2. The molecule has 0 radical (unpaired) electrons. The van der Waals surface area contributed by atoms with Crippen LogP contribution in [0.1, 0.15) is 115 Å². The second-order valence-corrected chi connectivity index (χ2v) is 18.6. The van der Waals surface area contributed by atoms with E-state index in [9.17, 15) is 29.4 Å². The Labute approximate surface area is 369 Å². The van der Waals surface area contributed by atoms with Crippen LogP contribution in [0.15, 0.2) is 0 Å². The van der Waals surface area contributed by atoms with Gasteiger partial charge in [0.15, 0.2) is 18.7 Å². The standard InChI is InChI=1S/C45H79NO16/c1-17-33-45(12,52)38(50)26(4)35(49)24(2)22-43(10,54-15)39(62-42-37(53-14)32(21-25(3)57-42)46(13)19-18-20-56-30(8)47)27(5)36(28(6)41(51)60-33)61-34-23-44(11,55-16)40(29(7)58-34)59-31(9)48/h24-29,32-34,36-40,42,50,52H,17-23H2,1-16H3/t24-,25-,26+,27+,28-,29+,32+,33-,34+,36+,37-,38-,39-,40+,42+,43+,44-,45-/m1/s1. The average molecular weight is 890 g/mol. The number of esters is 3. The van der Waals surface area contributed by atoms with E-state index in [-0.39, 0.29) is 49.8 Å². The van der Waals surface area contributed by atoms with Crippen LogP contribution in [-0.4, -0.2) is 165 Å². The highest BCUT2D eigenvalue weighted by Crippen LogP contribution is 2.42. The highest BCUT2D eigenvalue weighted by atomic mass is 16.7. The van der Waals surface area contributed by atoms with E-state index in [4.69, 9.17) is 47.4 Å². The number of carbonyl (C=O) groups excluding carboxylic acids is 4. The zero-order valence-electron chi connectivity index (χ0n) is 40.2. The topological polar surface area (TPSA) is 204 Å². The van der Waals surface area contributed by atoms with Crippen molar-refractivity contribution in [1.82, 2.24) is 4.90 Å². The van der Waals surface area contributed by atoms with Crippen molar-refractivity contribution >= 4 is 23.7 Å². The Hall–Kier alpha value is -2.32. The zero-order valence-corrected chi connectivity index (χ0v) is 40.2. The smallest absolute Gasteiger partial charge is 0.311 e. The summed E-state index contributed by atoms with van der Waals surface area (Å²) in [5.41, 5.74) is -4.33. The Morgan fingerprint density at radius 2 is 1.47 bits per heavy atom. The largest absolute Gasteiger partial charge is 0.466 e. The van der Waals surface area contributed by atoms with E-state index in [0.29, 0.717) is 19.4 Å². The van der Waals surface area contributed by atoms with Gasteiger partial charge in [0.1, 0.15) is 29.2 Å². The Morgan fingerprint density at radius 3 is 2.02 bits per heavy atom.